The van der Waals surface area contributed by atoms with Gasteiger partial charge in [-0.1, -0.05) is 36.8 Å². The van der Waals surface area contributed by atoms with E-state index in [1.54, 1.807) is 21.9 Å². The number of rotatable bonds is 8. The molecule has 1 N–H and O–H groups in total. The highest BCUT2D eigenvalue weighted by Crippen LogP contribution is 2.52. The lowest BCUT2D eigenvalue weighted by atomic mass is 9.82. The number of nitrogens with one attached hydrogen (secondary N) is 1. The third-order valence-electron chi connectivity index (χ3n) is 7.78. The van der Waals surface area contributed by atoms with Gasteiger partial charge in [-0.15, -0.1) is 13.2 Å². The first-order valence-electron chi connectivity index (χ1n) is 13.6. The maximum Gasteiger partial charge on any atom is 0.573 e. The van der Waals surface area contributed by atoms with E-state index in [1.807, 2.05) is 12.1 Å². The molecule has 0 radical (unpaired) electrons. The summed E-state index contributed by atoms with van der Waals surface area (Å²) in [6.45, 7) is -0.948. The average Bonchev–Trinajstić information content (AvgIpc) is 3.68. The number of ether oxygens (including phenoxy) is 3. The molecule has 42 heavy (non-hydrogen) atoms. The van der Waals surface area contributed by atoms with Gasteiger partial charge < -0.3 is 19.5 Å². The zero-order chi connectivity index (χ0) is 30.0. The number of anilines is 1. The minimum absolute atomic E-state index is 0.0413. The number of carbonyl (C=O) groups excluding carboxylic acids is 4. The Bertz CT molecular complexity index is 1360. The molecule has 1 heterocycles. The molecule has 2 aromatic rings. The first kappa shape index (κ1) is 29.2. The number of para-hydroxylation sites is 1. The molecule has 2 fully saturated rings. The van der Waals surface area contributed by atoms with E-state index >= 15 is 0 Å². The molecular formula is C29H30F3N3O7. The topological polar surface area (TPSA) is 114 Å². The summed E-state index contributed by atoms with van der Waals surface area (Å²) in [6, 6.07) is 10.7. The average molecular weight is 590 g/mol. The summed E-state index contributed by atoms with van der Waals surface area (Å²) in [5, 5.41) is 2.63. The Morgan fingerprint density at radius 2 is 1.79 bits per heavy atom. The number of Topliss-reactive ketones (excluding diaryl/α,β-unsaturated/α-hetero) is 1. The summed E-state index contributed by atoms with van der Waals surface area (Å²) in [4.78, 5) is 54.6. The predicted octanol–water partition coefficient (Wildman–Crippen LogP) is 4.98. The number of methoxy groups -OCH3 is 1. The second kappa shape index (κ2) is 11.9. The van der Waals surface area contributed by atoms with E-state index in [1.165, 1.54) is 19.2 Å². The monoisotopic (exact) mass is 589 g/mol. The van der Waals surface area contributed by atoms with Gasteiger partial charge in [0.1, 0.15) is 5.75 Å². The third kappa shape index (κ3) is 6.29. The first-order valence-corrected chi connectivity index (χ1v) is 13.6. The lowest BCUT2D eigenvalue weighted by Crippen LogP contribution is -2.55. The van der Waals surface area contributed by atoms with Gasteiger partial charge in [0.15, 0.2) is 12.4 Å². The zero-order valence-corrected chi connectivity index (χ0v) is 22.8. The Hall–Kier alpha value is -4.29. The van der Waals surface area contributed by atoms with Crippen LogP contribution in [-0.4, -0.2) is 67.5 Å². The first-order chi connectivity index (χ1) is 20.1. The highest BCUT2D eigenvalue weighted by molar-refractivity contribution is 6.02. The number of hydrogen-bond donors (Lipinski definition) is 1. The SMILES string of the molecule is COC(=O)COC(=O)N(C1CC1)C1c2ccccc2N(C(=O)NCC(=O)c2cccc(OC(F)(F)F)c2)C2CCCC21. The molecule has 0 aromatic heterocycles. The molecule has 3 aliphatic rings. The largest absolute Gasteiger partial charge is 0.573 e. The Morgan fingerprint density at radius 1 is 1.02 bits per heavy atom. The number of benzene rings is 2. The van der Waals surface area contributed by atoms with Gasteiger partial charge in [-0.05, 0) is 49.4 Å². The summed E-state index contributed by atoms with van der Waals surface area (Å²) < 4.78 is 51.6. The quantitative estimate of drug-likeness (QED) is 0.341. The van der Waals surface area contributed by atoms with Crippen molar-refractivity contribution in [3.05, 3.63) is 59.7 Å². The van der Waals surface area contributed by atoms with Crippen molar-refractivity contribution in [2.24, 2.45) is 5.92 Å². The molecule has 3 unspecified atom stereocenters. The molecule has 3 atom stereocenters. The van der Waals surface area contributed by atoms with Crippen LogP contribution in [0.2, 0.25) is 0 Å². The van der Waals surface area contributed by atoms with Crippen molar-refractivity contribution in [3.8, 4) is 5.75 Å². The molecule has 2 aliphatic carbocycles. The van der Waals surface area contributed by atoms with Crippen LogP contribution in [0.3, 0.4) is 0 Å². The number of alkyl halides is 3. The van der Waals surface area contributed by atoms with Crippen molar-refractivity contribution in [2.45, 2.75) is 56.6 Å². The fourth-order valence-electron chi connectivity index (χ4n) is 5.95. The highest BCUT2D eigenvalue weighted by Gasteiger charge is 2.52. The van der Waals surface area contributed by atoms with E-state index in [0.29, 0.717) is 12.1 Å². The molecule has 13 heteroatoms. The number of carbonyl (C=O) groups is 4. The maximum absolute atomic E-state index is 13.6. The minimum atomic E-state index is -4.90. The molecule has 3 amide bonds. The van der Waals surface area contributed by atoms with Crippen molar-refractivity contribution < 1.29 is 46.6 Å². The molecule has 224 valence electrons. The van der Waals surface area contributed by atoms with Gasteiger partial charge in [-0.2, -0.15) is 0 Å². The van der Waals surface area contributed by atoms with Gasteiger partial charge in [-0.3, -0.25) is 14.6 Å². The van der Waals surface area contributed by atoms with Gasteiger partial charge in [0.05, 0.1) is 25.4 Å². The second-order valence-corrected chi connectivity index (χ2v) is 10.5. The molecule has 10 nitrogen and oxygen atoms in total. The van der Waals surface area contributed by atoms with Crippen LogP contribution in [0.15, 0.2) is 48.5 Å². The summed E-state index contributed by atoms with van der Waals surface area (Å²) in [7, 11) is 1.21. The number of ketones is 1. The predicted molar refractivity (Wildman–Crippen MR) is 142 cm³/mol. The third-order valence-corrected chi connectivity index (χ3v) is 7.78. The maximum atomic E-state index is 13.6. The van der Waals surface area contributed by atoms with Crippen LogP contribution in [-0.2, 0) is 14.3 Å². The number of halogens is 3. The number of nitrogens with zero attached hydrogens (tertiary/aromatic N) is 2. The number of hydrogen-bond acceptors (Lipinski definition) is 7. The van der Waals surface area contributed by atoms with Crippen molar-refractivity contribution in [2.75, 3.05) is 25.2 Å². The molecule has 2 aromatic carbocycles. The van der Waals surface area contributed by atoms with Crippen LogP contribution in [0.1, 0.15) is 54.1 Å². The fraction of sp³-hybridized carbons (Fsp3) is 0.448. The smallest absolute Gasteiger partial charge is 0.466 e. The molecule has 0 bridgehead atoms. The van der Waals surface area contributed by atoms with Crippen LogP contribution in [0.4, 0.5) is 28.4 Å². The normalized spacial score (nSPS) is 21.0. The van der Waals surface area contributed by atoms with E-state index in [0.717, 1.165) is 43.4 Å². The summed E-state index contributed by atoms with van der Waals surface area (Å²) >= 11 is 0. The molecule has 5 rings (SSSR count). The van der Waals surface area contributed by atoms with Crippen molar-refractivity contribution >= 4 is 29.6 Å². The Morgan fingerprint density at radius 3 is 2.50 bits per heavy atom. The van der Waals surface area contributed by atoms with Crippen LogP contribution >= 0.6 is 0 Å². The molecule has 2 saturated carbocycles. The Kier molecular flexibility index (Phi) is 8.28. The molecule has 1 aliphatic heterocycles. The number of amides is 3. The molecular weight excluding hydrogens is 559 g/mol. The minimum Gasteiger partial charge on any atom is -0.466 e. The van der Waals surface area contributed by atoms with Crippen LogP contribution in [0, 0.1) is 5.92 Å². The Balaban J connectivity index is 1.36. The lowest BCUT2D eigenvalue weighted by Gasteiger charge is -2.47. The fourth-order valence-corrected chi connectivity index (χ4v) is 5.95. The summed E-state index contributed by atoms with van der Waals surface area (Å²) in [5.41, 5.74) is 1.30. The molecule has 0 spiro atoms. The summed E-state index contributed by atoms with van der Waals surface area (Å²) in [6.07, 6.45) is -1.70. The van der Waals surface area contributed by atoms with E-state index in [-0.39, 0.29) is 29.6 Å². The van der Waals surface area contributed by atoms with Crippen LogP contribution in [0.25, 0.3) is 0 Å². The Labute approximate surface area is 239 Å². The van der Waals surface area contributed by atoms with Gasteiger partial charge in [0.25, 0.3) is 0 Å². The number of fused-ring (bicyclic) bond motifs is 2. The van der Waals surface area contributed by atoms with Crippen molar-refractivity contribution in [1.29, 1.82) is 0 Å². The van der Waals surface area contributed by atoms with E-state index in [9.17, 15) is 32.3 Å². The van der Waals surface area contributed by atoms with Crippen LogP contribution < -0.4 is 15.0 Å². The van der Waals surface area contributed by atoms with Crippen molar-refractivity contribution in [1.82, 2.24) is 10.2 Å². The lowest BCUT2D eigenvalue weighted by molar-refractivity contribution is -0.274. The second-order valence-electron chi connectivity index (χ2n) is 10.5. The van der Waals surface area contributed by atoms with E-state index < -0.39 is 49.1 Å². The van der Waals surface area contributed by atoms with Gasteiger partial charge in [0.2, 0.25) is 0 Å². The van der Waals surface area contributed by atoms with Crippen LogP contribution in [0.5, 0.6) is 5.75 Å². The molecule has 0 saturated heterocycles. The number of esters is 1. The van der Waals surface area contributed by atoms with Gasteiger partial charge >= 0.3 is 24.5 Å². The van der Waals surface area contributed by atoms with Gasteiger partial charge in [-0.25, -0.2) is 14.4 Å². The highest BCUT2D eigenvalue weighted by atomic mass is 19.4. The van der Waals surface area contributed by atoms with E-state index in [4.69, 9.17) is 4.74 Å². The van der Waals surface area contributed by atoms with Crippen molar-refractivity contribution in [3.63, 3.8) is 0 Å². The van der Waals surface area contributed by atoms with E-state index in [2.05, 4.69) is 14.8 Å². The number of urea groups is 1. The standard InChI is InChI=1S/C29H30F3N3O7/c1-40-25(37)16-41-28(39)34(18-12-13-18)26-20-8-2-3-10-22(20)35(23-11-5-9-21(23)26)27(38)33-15-24(36)17-6-4-7-19(14-17)42-29(30,31)32/h2-4,6-8,10,14,18,21,23,26H,5,9,11-13,15-16H2,1H3,(H,33,38). The van der Waals surface area contributed by atoms with Gasteiger partial charge in [0, 0.05) is 23.6 Å². The summed E-state index contributed by atoms with van der Waals surface area (Å²) in [5.74, 6) is -1.91. The zero-order valence-electron chi connectivity index (χ0n) is 22.8.